The zero-order valence-corrected chi connectivity index (χ0v) is 20.0. The molecule has 0 unspecified atom stereocenters. The van der Waals surface area contributed by atoms with Crippen LogP contribution in [0.2, 0.25) is 0 Å². The first-order valence-electron chi connectivity index (χ1n) is 11.9. The fourth-order valence-corrected chi connectivity index (χ4v) is 4.32. The third-order valence-electron chi connectivity index (χ3n) is 6.27. The number of para-hydroxylation sites is 1. The minimum Gasteiger partial charge on any atom is -0.352 e. The molecule has 1 saturated heterocycles. The van der Waals surface area contributed by atoms with Crippen LogP contribution in [-0.4, -0.2) is 69.0 Å². The number of amides is 2. The Balaban J connectivity index is 1.18. The Hall–Kier alpha value is -4.80. The van der Waals surface area contributed by atoms with E-state index < -0.39 is 17.2 Å². The first-order chi connectivity index (χ1) is 18.0. The molecule has 2 aromatic heterocycles. The molecule has 11 heteroatoms. The number of fused-ring (bicyclic) bond motifs is 1. The highest BCUT2D eigenvalue weighted by Crippen LogP contribution is 2.12. The molecule has 1 aliphatic heterocycles. The molecule has 2 aromatic carbocycles. The maximum atomic E-state index is 12.9. The Kier molecular flexibility index (Phi) is 6.75. The van der Waals surface area contributed by atoms with E-state index in [9.17, 15) is 19.2 Å². The lowest BCUT2D eigenvalue weighted by Gasteiger charge is -2.34. The number of hydrogen-bond acceptors (Lipinski definition) is 7. The van der Waals surface area contributed by atoms with E-state index >= 15 is 0 Å². The number of carbonyl (C=O) groups is 2. The topological polar surface area (TPSA) is 133 Å². The molecule has 1 fully saturated rings. The predicted molar refractivity (Wildman–Crippen MR) is 138 cm³/mol. The molecular weight excluding hydrogens is 474 g/mol. The van der Waals surface area contributed by atoms with E-state index in [2.05, 4.69) is 20.3 Å². The van der Waals surface area contributed by atoms with Crippen molar-refractivity contribution < 1.29 is 9.59 Å². The fraction of sp³-hybridized carbons (Fsp3) is 0.231. The van der Waals surface area contributed by atoms with Crippen molar-refractivity contribution in [2.45, 2.75) is 6.42 Å². The van der Waals surface area contributed by atoms with Crippen LogP contribution < -0.4 is 21.5 Å². The normalized spacial score (nSPS) is 13.5. The predicted octanol–water partition coefficient (Wildman–Crippen LogP) is 0.938. The molecular formula is C26H25N7O4. The monoisotopic (exact) mass is 499 g/mol. The number of benzene rings is 2. The van der Waals surface area contributed by atoms with E-state index in [1.807, 2.05) is 4.90 Å². The summed E-state index contributed by atoms with van der Waals surface area (Å²) in [4.78, 5) is 65.8. The van der Waals surface area contributed by atoms with Gasteiger partial charge in [-0.3, -0.25) is 14.4 Å². The second-order valence-corrected chi connectivity index (χ2v) is 8.59. The van der Waals surface area contributed by atoms with Crippen LogP contribution >= 0.6 is 0 Å². The van der Waals surface area contributed by atoms with E-state index in [1.54, 1.807) is 53.7 Å². The number of nitrogens with zero attached hydrogens (tertiary/aromatic N) is 5. The smallest absolute Gasteiger partial charge is 0.333 e. The van der Waals surface area contributed by atoms with Crippen molar-refractivity contribution in [1.82, 2.24) is 29.7 Å². The maximum absolute atomic E-state index is 12.9. The van der Waals surface area contributed by atoms with Gasteiger partial charge >= 0.3 is 5.69 Å². The van der Waals surface area contributed by atoms with Gasteiger partial charge in [-0.15, -0.1) is 0 Å². The maximum Gasteiger partial charge on any atom is 0.333 e. The Morgan fingerprint density at radius 1 is 0.919 bits per heavy atom. The fourth-order valence-electron chi connectivity index (χ4n) is 4.32. The van der Waals surface area contributed by atoms with E-state index in [0.717, 1.165) is 4.57 Å². The largest absolute Gasteiger partial charge is 0.352 e. The molecule has 2 N–H and O–H groups in total. The number of aromatic nitrogens is 4. The third-order valence-corrected chi connectivity index (χ3v) is 6.27. The summed E-state index contributed by atoms with van der Waals surface area (Å²) in [6.07, 6.45) is 3.55. The second kappa shape index (κ2) is 10.4. The number of piperazine rings is 1. The molecule has 5 rings (SSSR count). The summed E-state index contributed by atoms with van der Waals surface area (Å²) in [5, 5.41) is 3.03. The van der Waals surface area contributed by atoms with Crippen LogP contribution in [0, 0.1) is 0 Å². The summed E-state index contributed by atoms with van der Waals surface area (Å²) >= 11 is 0. The standard InChI is InChI=1S/C26H25N7O4/c34-22(31-13-15-32(16-14-31)25-28-10-4-11-29-25)9-12-27-23(35)18-7-8-20-21(17-18)30-26(37)33(24(20)36)19-5-2-1-3-6-19/h1-8,10-11,17H,9,12-16H2,(H,27,35)(H,30,37). The van der Waals surface area contributed by atoms with Gasteiger partial charge in [-0.05, 0) is 36.4 Å². The zero-order valence-electron chi connectivity index (χ0n) is 20.0. The minimum absolute atomic E-state index is 0.0433. The van der Waals surface area contributed by atoms with Crippen molar-refractivity contribution in [2.75, 3.05) is 37.6 Å². The van der Waals surface area contributed by atoms with Crippen LogP contribution in [0.5, 0.6) is 0 Å². The van der Waals surface area contributed by atoms with Crippen molar-refractivity contribution in [3.8, 4) is 5.69 Å². The number of nitrogens with one attached hydrogen (secondary N) is 2. The molecule has 0 bridgehead atoms. The molecule has 3 heterocycles. The first-order valence-corrected chi connectivity index (χ1v) is 11.9. The van der Waals surface area contributed by atoms with Crippen molar-refractivity contribution in [1.29, 1.82) is 0 Å². The summed E-state index contributed by atoms with van der Waals surface area (Å²) in [6, 6.07) is 14.9. The van der Waals surface area contributed by atoms with E-state index in [-0.39, 0.29) is 35.3 Å². The van der Waals surface area contributed by atoms with Gasteiger partial charge in [-0.25, -0.2) is 19.3 Å². The summed E-state index contributed by atoms with van der Waals surface area (Å²) in [6.45, 7) is 2.57. The molecule has 37 heavy (non-hydrogen) atoms. The molecule has 188 valence electrons. The quantitative estimate of drug-likeness (QED) is 0.403. The van der Waals surface area contributed by atoms with Gasteiger partial charge in [0.1, 0.15) is 0 Å². The van der Waals surface area contributed by atoms with Gasteiger partial charge in [0.15, 0.2) is 0 Å². The van der Waals surface area contributed by atoms with Crippen LogP contribution in [0.1, 0.15) is 16.8 Å². The van der Waals surface area contributed by atoms with Crippen LogP contribution in [0.25, 0.3) is 16.6 Å². The highest BCUT2D eigenvalue weighted by atomic mass is 16.2. The van der Waals surface area contributed by atoms with Crippen molar-refractivity contribution in [2.24, 2.45) is 0 Å². The minimum atomic E-state index is -0.592. The van der Waals surface area contributed by atoms with Crippen LogP contribution in [0.15, 0.2) is 76.6 Å². The van der Waals surface area contributed by atoms with Gasteiger partial charge < -0.3 is 20.1 Å². The molecule has 0 saturated carbocycles. The van der Waals surface area contributed by atoms with E-state index in [1.165, 1.54) is 18.2 Å². The molecule has 1 aliphatic rings. The highest BCUT2D eigenvalue weighted by molar-refractivity contribution is 5.97. The summed E-state index contributed by atoms with van der Waals surface area (Å²) < 4.78 is 1.06. The number of carbonyl (C=O) groups excluding carboxylic acids is 2. The summed E-state index contributed by atoms with van der Waals surface area (Å²) in [7, 11) is 0. The van der Waals surface area contributed by atoms with Crippen molar-refractivity contribution >= 4 is 28.7 Å². The molecule has 0 radical (unpaired) electrons. The molecule has 0 aliphatic carbocycles. The van der Waals surface area contributed by atoms with Gasteiger partial charge in [0, 0.05) is 57.1 Å². The Bertz CT molecular complexity index is 1540. The summed E-state index contributed by atoms with van der Waals surface area (Å²) in [5.41, 5.74) is -0.0562. The van der Waals surface area contributed by atoms with Gasteiger partial charge in [0.2, 0.25) is 11.9 Å². The molecule has 0 spiro atoms. The summed E-state index contributed by atoms with van der Waals surface area (Å²) in [5.74, 6) is 0.213. The van der Waals surface area contributed by atoms with Crippen molar-refractivity contribution in [3.63, 3.8) is 0 Å². The van der Waals surface area contributed by atoms with Crippen LogP contribution in [0.3, 0.4) is 0 Å². The highest BCUT2D eigenvalue weighted by Gasteiger charge is 2.22. The van der Waals surface area contributed by atoms with Crippen LogP contribution in [-0.2, 0) is 4.79 Å². The number of hydrogen-bond donors (Lipinski definition) is 2. The molecule has 0 atom stereocenters. The van der Waals surface area contributed by atoms with E-state index in [0.29, 0.717) is 37.8 Å². The lowest BCUT2D eigenvalue weighted by molar-refractivity contribution is -0.131. The third kappa shape index (κ3) is 5.10. The lowest BCUT2D eigenvalue weighted by atomic mass is 10.1. The second-order valence-electron chi connectivity index (χ2n) is 8.59. The molecule has 4 aromatic rings. The number of H-pyrrole nitrogens is 1. The average Bonchev–Trinajstić information content (AvgIpc) is 2.94. The Morgan fingerprint density at radius 2 is 1.65 bits per heavy atom. The van der Waals surface area contributed by atoms with Gasteiger partial charge in [0.05, 0.1) is 16.6 Å². The number of rotatable bonds is 6. The Labute approximate surface area is 211 Å². The number of anilines is 1. The zero-order chi connectivity index (χ0) is 25.8. The van der Waals surface area contributed by atoms with E-state index in [4.69, 9.17) is 0 Å². The number of aromatic amines is 1. The van der Waals surface area contributed by atoms with Gasteiger partial charge in [-0.2, -0.15) is 0 Å². The van der Waals surface area contributed by atoms with Gasteiger partial charge in [-0.1, -0.05) is 18.2 Å². The first kappa shape index (κ1) is 23.9. The van der Waals surface area contributed by atoms with Gasteiger partial charge in [0.25, 0.3) is 11.5 Å². The molecule has 2 amide bonds. The Morgan fingerprint density at radius 3 is 2.38 bits per heavy atom. The SMILES string of the molecule is O=C(NCCC(=O)N1CCN(c2ncccn2)CC1)c1ccc2c(=O)n(-c3ccccc3)c(=O)[nH]c2c1. The molecule has 11 nitrogen and oxygen atoms in total. The van der Waals surface area contributed by atoms with Crippen LogP contribution in [0.4, 0.5) is 5.95 Å². The lowest BCUT2D eigenvalue weighted by Crippen LogP contribution is -2.49. The van der Waals surface area contributed by atoms with Crippen molar-refractivity contribution in [3.05, 3.63) is 93.4 Å². The average molecular weight is 500 g/mol.